The van der Waals surface area contributed by atoms with Gasteiger partial charge in [-0.25, -0.2) is 4.98 Å². The molecule has 0 amide bonds. The van der Waals surface area contributed by atoms with E-state index in [9.17, 15) is 9.59 Å². The van der Waals surface area contributed by atoms with Crippen LogP contribution in [-0.4, -0.2) is 19.9 Å². The van der Waals surface area contributed by atoms with E-state index in [1.54, 1.807) is 42.7 Å². The molecule has 0 atom stereocenters. The van der Waals surface area contributed by atoms with Crippen molar-refractivity contribution in [1.82, 2.24) is 19.9 Å². The molecule has 26 heavy (non-hydrogen) atoms. The number of hydrogen-bond acceptors (Lipinski definition) is 3. The zero-order valence-electron chi connectivity index (χ0n) is 14.7. The van der Waals surface area contributed by atoms with Crippen molar-refractivity contribution < 1.29 is 0 Å². The van der Waals surface area contributed by atoms with E-state index < -0.39 is 11.1 Å². The maximum atomic E-state index is 12.4. The van der Waals surface area contributed by atoms with Gasteiger partial charge in [0.25, 0.3) is 11.1 Å². The smallest absolute Gasteiger partial charge is 0.272 e. The Hall–Kier alpha value is -2.86. The number of aromatic amines is 3. The fourth-order valence-electron chi connectivity index (χ4n) is 2.57. The second kappa shape index (κ2) is 6.80. The van der Waals surface area contributed by atoms with Gasteiger partial charge in [0.2, 0.25) is 0 Å². The molecular formula is C19H19ClN4O2. The highest BCUT2D eigenvalue weighted by Crippen LogP contribution is 2.22. The van der Waals surface area contributed by atoms with Crippen LogP contribution >= 0.6 is 11.6 Å². The monoisotopic (exact) mass is 370 g/mol. The number of rotatable bonds is 2. The number of H-pyrrole nitrogens is 3. The van der Waals surface area contributed by atoms with E-state index in [1.165, 1.54) is 0 Å². The predicted molar refractivity (Wildman–Crippen MR) is 103 cm³/mol. The third kappa shape index (κ3) is 3.86. The number of imidazole rings is 1. The zero-order valence-corrected chi connectivity index (χ0v) is 15.4. The summed E-state index contributed by atoms with van der Waals surface area (Å²) >= 11 is 5.85. The average Bonchev–Trinajstić information content (AvgIpc) is 3.03. The molecule has 0 aliphatic heterocycles. The van der Waals surface area contributed by atoms with Crippen LogP contribution in [0.3, 0.4) is 0 Å². The molecule has 3 rings (SSSR count). The van der Waals surface area contributed by atoms with Crippen LogP contribution in [0, 0.1) is 0 Å². The minimum absolute atomic E-state index is 0.154. The summed E-state index contributed by atoms with van der Waals surface area (Å²) in [6, 6.07) is 6.96. The summed E-state index contributed by atoms with van der Waals surface area (Å²) in [5, 5.41) is 0.927. The molecule has 0 bridgehead atoms. The molecule has 0 aliphatic carbocycles. The number of halogens is 1. The van der Waals surface area contributed by atoms with Crippen LogP contribution in [0.4, 0.5) is 0 Å². The Morgan fingerprint density at radius 2 is 1.54 bits per heavy atom. The van der Waals surface area contributed by atoms with E-state index in [0.29, 0.717) is 10.7 Å². The maximum Gasteiger partial charge on any atom is 0.272 e. The van der Waals surface area contributed by atoms with E-state index in [4.69, 9.17) is 11.6 Å². The van der Waals surface area contributed by atoms with Gasteiger partial charge in [0, 0.05) is 16.1 Å². The Bertz CT molecular complexity index is 1160. The molecule has 6 nitrogen and oxygen atoms in total. The number of aromatic nitrogens is 4. The van der Waals surface area contributed by atoms with Gasteiger partial charge in [-0.05, 0) is 29.8 Å². The minimum atomic E-state index is -0.396. The maximum absolute atomic E-state index is 12.4. The van der Waals surface area contributed by atoms with Gasteiger partial charge in [-0.15, -0.1) is 0 Å². The third-order valence-electron chi connectivity index (χ3n) is 3.87. The Labute approximate surface area is 154 Å². The normalized spacial score (nSPS) is 13.4. The predicted octanol–water partition coefficient (Wildman–Crippen LogP) is 1.39. The van der Waals surface area contributed by atoms with Crippen LogP contribution in [0.5, 0.6) is 0 Å². The van der Waals surface area contributed by atoms with Crippen LogP contribution in [0.15, 0.2) is 40.2 Å². The second-order valence-corrected chi connectivity index (χ2v) is 7.43. The zero-order chi connectivity index (χ0) is 18.9. The van der Waals surface area contributed by atoms with Crippen molar-refractivity contribution in [2.24, 2.45) is 0 Å². The second-order valence-electron chi connectivity index (χ2n) is 6.99. The summed E-state index contributed by atoms with van der Waals surface area (Å²) in [6.07, 6.45) is 4.74. The highest BCUT2D eigenvalue weighted by Gasteiger charge is 2.19. The standard InChI is InChI=1S/C19H19ClN4O2/c1-19(2,3)16-13(21-10-22-16)9-15-18(26)23-14(17(25)24-15)8-11-4-6-12(20)7-5-11/h4-10H,1-3H3,(H,21,22)(H,23,26)(H,24,25)/b14-8+,15-9+. The van der Waals surface area contributed by atoms with Gasteiger partial charge >= 0.3 is 0 Å². The molecule has 0 unspecified atom stereocenters. The first-order valence-electron chi connectivity index (χ1n) is 8.09. The number of hydrogen-bond donors (Lipinski definition) is 3. The van der Waals surface area contributed by atoms with Crippen LogP contribution < -0.4 is 21.8 Å². The lowest BCUT2D eigenvalue weighted by Gasteiger charge is -2.16. The lowest BCUT2D eigenvalue weighted by Crippen LogP contribution is -2.46. The van der Waals surface area contributed by atoms with Crippen molar-refractivity contribution in [3.63, 3.8) is 0 Å². The van der Waals surface area contributed by atoms with Crippen molar-refractivity contribution in [1.29, 1.82) is 0 Å². The van der Waals surface area contributed by atoms with Crippen molar-refractivity contribution in [2.75, 3.05) is 0 Å². The van der Waals surface area contributed by atoms with Crippen molar-refractivity contribution >= 4 is 23.8 Å². The molecule has 0 saturated heterocycles. The average molecular weight is 371 g/mol. The topological polar surface area (TPSA) is 94.4 Å². The number of nitrogens with zero attached hydrogens (tertiary/aromatic N) is 1. The Balaban J connectivity index is 2.12. The number of benzene rings is 1. The molecular weight excluding hydrogens is 352 g/mol. The summed E-state index contributed by atoms with van der Waals surface area (Å²) in [5.41, 5.74) is 1.31. The Morgan fingerprint density at radius 3 is 2.12 bits per heavy atom. The molecule has 3 aromatic rings. The van der Waals surface area contributed by atoms with Crippen molar-refractivity contribution in [3.05, 3.63) is 84.0 Å². The van der Waals surface area contributed by atoms with Crippen LogP contribution in [0.1, 0.15) is 37.7 Å². The molecule has 134 valence electrons. The SMILES string of the molecule is CC(C)(C)c1[nH]cnc1/C=c1/[nH]c(=O)/c(=C\c2ccc(Cl)cc2)[nH]c1=O. The summed E-state index contributed by atoms with van der Waals surface area (Å²) in [5.74, 6) is 0. The van der Waals surface area contributed by atoms with Gasteiger partial charge < -0.3 is 15.0 Å². The van der Waals surface area contributed by atoms with Crippen LogP contribution in [0.25, 0.3) is 12.2 Å². The fourth-order valence-corrected chi connectivity index (χ4v) is 2.70. The molecule has 2 aromatic heterocycles. The highest BCUT2D eigenvalue weighted by atomic mass is 35.5. The minimum Gasteiger partial charge on any atom is -0.348 e. The first-order valence-corrected chi connectivity index (χ1v) is 8.47. The first-order chi connectivity index (χ1) is 12.2. The molecule has 0 fully saturated rings. The van der Waals surface area contributed by atoms with Gasteiger partial charge in [0.1, 0.15) is 10.7 Å². The van der Waals surface area contributed by atoms with Gasteiger partial charge in [-0.3, -0.25) is 9.59 Å². The van der Waals surface area contributed by atoms with Crippen LogP contribution in [0.2, 0.25) is 5.02 Å². The Morgan fingerprint density at radius 1 is 0.962 bits per heavy atom. The van der Waals surface area contributed by atoms with Crippen LogP contribution in [-0.2, 0) is 5.41 Å². The van der Waals surface area contributed by atoms with E-state index >= 15 is 0 Å². The summed E-state index contributed by atoms with van der Waals surface area (Å²) in [4.78, 5) is 37.3. The largest absolute Gasteiger partial charge is 0.348 e. The summed E-state index contributed by atoms with van der Waals surface area (Å²) in [6.45, 7) is 6.11. The molecule has 0 radical (unpaired) electrons. The van der Waals surface area contributed by atoms with Crippen molar-refractivity contribution in [3.8, 4) is 0 Å². The molecule has 1 aromatic carbocycles. The van der Waals surface area contributed by atoms with Crippen molar-refractivity contribution in [2.45, 2.75) is 26.2 Å². The molecule has 7 heteroatoms. The quantitative estimate of drug-likeness (QED) is 0.636. The summed E-state index contributed by atoms with van der Waals surface area (Å²) < 4.78 is 0. The van der Waals surface area contributed by atoms with E-state index in [-0.39, 0.29) is 16.1 Å². The molecule has 0 saturated carbocycles. The third-order valence-corrected chi connectivity index (χ3v) is 4.12. The Kier molecular flexibility index (Phi) is 4.70. The van der Waals surface area contributed by atoms with E-state index in [0.717, 1.165) is 11.3 Å². The van der Waals surface area contributed by atoms with Gasteiger partial charge in [0.05, 0.1) is 12.0 Å². The van der Waals surface area contributed by atoms with Gasteiger partial charge in [-0.1, -0.05) is 44.5 Å². The number of nitrogens with one attached hydrogen (secondary N) is 3. The first kappa shape index (κ1) is 17.9. The lowest BCUT2D eigenvalue weighted by atomic mass is 9.90. The lowest BCUT2D eigenvalue weighted by molar-refractivity contribution is 0.571. The van der Waals surface area contributed by atoms with Gasteiger partial charge in [0.15, 0.2) is 0 Å². The molecule has 0 aliphatic rings. The fraction of sp³-hybridized carbons (Fsp3) is 0.211. The molecule has 0 spiro atoms. The van der Waals surface area contributed by atoms with Gasteiger partial charge in [-0.2, -0.15) is 0 Å². The molecule has 2 heterocycles. The highest BCUT2D eigenvalue weighted by molar-refractivity contribution is 6.30. The van der Waals surface area contributed by atoms with E-state index in [2.05, 4.69) is 19.9 Å². The van der Waals surface area contributed by atoms with E-state index in [1.807, 2.05) is 20.8 Å². The summed E-state index contributed by atoms with van der Waals surface area (Å²) in [7, 11) is 0. The molecule has 3 N–H and O–H groups in total.